The van der Waals surface area contributed by atoms with Gasteiger partial charge in [0.05, 0.1) is 40.0 Å². The molecule has 1 fully saturated rings. The van der Waals surface area contributed by atoms with E-state index in [1.165, 1.54) is 19.3 Å². The number of likely N-dealkylation sites (N-methyl/N-ethyl adjacent to an activating group) is 1. The number of ether oxygens (including phenoxy) is 3. The Kier molecular flexibility index (Phi) is 31.5. The molecule has 1 rings (SSSR count). The quantitative estimate of drug-likeness (QED) is 0.0163. The highest BCUT2D eigenvalue weighted by molar-refractivity contribution is 7.47. The van der Waals surface area contributed by atoms with E-state index in [-0.39, 0.29) is 26.1 Å². The van der Waals surface area contributed by atoms with E-state index in [9.17, 15) is 19.0 Å². The lowest BCUT2D eigenvalue weighted by molar-refractivity contribution is -0.870. The molecule has 1 saturated heterocycles. The van der Waals surface area contributed by atoms with Gasteiger partial charge in [-0.3, -0.25) is 18.6 Å². The number of unbranched alkanes of at least 4 members (excludes halogenated alkanes) is 9. The van der Waals surface area contributed by atoms with Gasteiger partial charge in [-0.15, -0.1) is 0 Å². The molecular formula is C46H79NO9P+. The maximum atomic E-state index is 12.7. The van der Waals surface area contributed by atoms with Gasteiger partial charge in [0.2, 0.25) is 0 Å². The molecule has 0 aromatic carbocycles. The number of carbonyl (C=O) groups is 2. The summed E-state index contributed by atoms with van der Waals surface area (Å²) in [5.74, 6) is -0.898. The Balaban J connectivity index is 2.35. The van der Waals surface area contributed by atoms with Crippen LogP contribution in [0.25, 0.3) is 0 Å². The highest BCUT2D eigenvalue weighted by Gasteiger charge is 2.36. The summed E-state index contributed by atoms with van der Waals surface area (Å²) >= 11 is 0. The molecule has 0 aliphatic carbocycles. The third-order valence-corrected chi connectivity index (χ3v) is 10.1. The van der Waals surface area contributed by atoms with Crippen LogP contribution in [0.4, 0.5) is 0 Å². The molecule has 1 aliphatic rings. The van der Waals surface area contributed by atoms with Gasteiger partial charge >= 0.3 is 19.8 Å². The number of phosphoric ester groups is 1. The fraction of sp³-hybridized carbons (Fsp3) is 0.696. The van der Waals surface area contributed by atoms with Crippen molar-refractivity contribution in [3.63, 3.8) is 0 Å². The van der Waals surface area contributed by atoms with Gasteiger partial charge in [-0.25, -0.2) is 4.57 Å². The van der Waals surface area contributed by atoms with Gasteiger partial charge in [-0.1, -0.05) is 119 Å². The molecule has 326 valence electrons. The Hall–Kier alpha value is -2.59. The molecule has 0 saturated carbocycles. The Morgan fingerprint density at radius 3 is 1.82 bits per heavy atom. The van der Waals surface area contributed by atoms with Crippen molar-refractivity contribution in [1.82, 2.24) is 0 Å². The predicted molar refractivity (Wildman–Crippen MR) is 233 cm³/mol. The van der Waals surface area contributed by atoms with Crippen LogP contribution in [0.5, 0.6) is 0 Å². The molecule has 0 amide bonds. The van der Waals surface area contributed by atoms with Crippen molar-refractivity contribution in [3.8, 4) is 0 Å². The number of nitrogens with zero attached hydrogens (tertiary/aromatic N) is 1. The van der Waals surface area contributed by atoms with Crippen LogP contribution in [0.2, 0.25) is 0 Å². The number of esters is 2. The summed E-state index contributed by atoms with van der Waals surface area (Å²) in [6.45, 7) is 4.16. The molecular weight excluding hydrogens is 741 g/mol. The summed E-state index contributed by atoms with van der Waals surface area (Å²) in [7, 11) is 1.41. The predicted octanol–water partition coefficient (Wildman–Crippen LogP) is 11.2. The van der Waals surface area contributed by atoms with Gasteiger partial charge < -0.3 is 23.6 Å². The first kappa shape index (κ1) is 52.4. The van der Waals surface area contributed by atoms with Crippen LogP contribution in [0.3, 0.4) is 0 Å². The third kappa shape index (κ3) is 35.1. The van der Waals surface area contributed by atoms with Gasteiger partial charge in [0.25, 0.3) is 0 Å². The van der Waals surface area contributed by atoms with E-state index in [4.69, 9.17) is 23.3 Å². The van der Waals surface area contributed by atoms with Crippen LogP contribution in [-0.4, -0.2) is 87.1 Å². The number of allylic oxidation sites excluding steroid dienone is 10. The minimum Gasteiger partial charge on any atom is -0.462 e. The standard InChI is InChI=1S/C46H78NO9P/c1-6-8-10-12-14-15-16-17-18-19-20-21-24-28-32-36-45(48)52-40-42(41-54-57(50,51)53-39-38-47(3,4)5)55-46(49)37-33-29-25-22-23-27-31-35-44-43(56-44)34-30-26-13-11-9-7-2/h8,10,14-15,17-18,22,25-27,30-31,42-44H,6-7,9,11-13,16,19-21,23-24,28-29,32-41H2,1-5H3/p+1/b10-8-,15-14-,18-17-,25-22-,30-26-,31-27-/t42-,43?,44?/m1/s1. The Labute approximate surface area is 346 Å². The average molecular weight is 821 g/mol. The van der Waals surface area contributed by atoms with Crippen LogP contribution in [0.1, 0.15) is 142 Å². The summed E-state index contributed by atoms with van der Waals surface area (Å²) in [4.78, 5) is 35.4. The lowest BCUT2D eigenvalue weighted by Gasteiger charge is -2.24. The van der Waals surface area contributed by atoms with E-state index in [1.807, 2.05) is 27.2 Å². The zero-order valence-electron chi connectivity index (χ0n) is 36.2. The third-order valence-electron chi connectivity index (χ3n) is 9.12. The number of quaternary nitrogens is 1. The van der Waals surface area contributed by atoms with E-state index in [0.29, 0.717) is 42.5 Å². The van der Waals surface area contributed by atoms with Crippen LogP contribution < -0.4 is 0 Å². The first-order valence-electron chi connectivity index (χ1n) is 21.8. The van der Waals surface area contributed by atoms with Crippen LogP contribution in [0.15, 0.2) is 72.9 Å². The lowest BCUT2D eigenvalue weighted by atomic mass is 10.1. The Morgan fingerprint density at radius 2 is 1.18 bits per heavy atom. The van der Waals surface area contributed by atoms with Crippen LogP contribution >= 0.6 is 7.82 Å². The second-order valence-corrected chi connectivity index (χ2v) is 17.2. The maximum Gasteiger partial charge on any atom is 0.472 e. The fourth-order valence-electron chi connectivity index (χ4n) is 5.59. The molecule has 3 unspecified atom stereocenters. The van der Waals surface area contributed by atoms with Gasteiger partial charge in [0.15, 0.2) is 6.10 Å². The summed E-state index contributed by atoms with van der Waals surface area (Å²) in [5.41, 5.74) is 0. The molecule has 0 bridgehead atoms. The lowest BCUT2D eigenvalue weighted by Crippen LogP contribution is -2.37. The minimum absolute atomic E-state index is 0.0122. The van der Waals surface area contributed by atoms with Crippen LogP contribution in [0, 0.1) is 0 Å². The van der Waals surface area contributed by atoms with Crippen molar-refractivity contribution in [3.05, 3.63) is 72.9 Å². The minimum atomic E-state index is -4.40. The molecule has 11 heteroatoms. The average Bonchev–Trinajstić information content (AvgIpc) is 3.92. The van der Waals surface area contributed by atoms with E-state index in [1.54, 1.807) is 0 Å². The number of hydrogen-bond acceptors (Lipinski definition) is 8. The normalized spacial score (nSPS) is 17.9. The number of phosphoric acid groups is 1. The SMILES string of the molecule is CC/C=C\C/C=C\C/C=C\CCCCCCCC(=O)OC[C@H](COP(=O)(O)OCC[N+](C)(C)C)OC(=O)CCC/C=C\C/C=C\CC1OC1C/C=C\CCCCC. The van der Waals surface area contributed by atoms with Crippen molar-refractivity contribution >= 4 is 19.8 Å². The summed E-state index contributed by atoms with van der Waals surface area (Å²) < 4.78 is 40.0. The van der Waals surface area contributed by atoms with Crippen molar-refractivity contribution in [1.29, 1.82) is 0 Å². The topological polar surface area (TPSA) is 121 Å². The first-order chi connectivity index (χ1) is 27.5. The van der Waals surface area contributed by atoms with E-state index in [2.05, 4.69) is 80.7 Å². The molecule has 0 radical (unpaired) electrons. The van der Waals surface area contributed by atoms with Crippen molar-refractivity contribution in [2.75, 3.05) is 47.5 Å². The van der Waals surface area contributed by atoms with Gasteiger partial charge in [-0.2, -0.15) is 0 Å². The zero-order valence-corrected chi connectivity index (χ0v) is 37.1. The number of hydrogen-bond donors (Lipinski definition) is 1. The van der Waals surface area contributed by atoms with Gasteiger partial charge in [0, 0.05) is 12.8 Å². The van der Waals surface area contributed by atoms with Gasteiger partial charge in [0.1, 0.15) is 19.8 Å². The molecule has 1 N–H and O–H groups in total. The van der Waals surface area contributed by atoms with Crippen molar-refractivity contribution in [2.45, 2.75) is 161 Å². The van der Waals surface area contributed by atoms with Gasteiger partial charge in [-0.05, 0) is 83.5 Å². The molecule has 0 aromatic heterocycles. The van der Waals surface area contributed by atoms with E-state index < -0.39 is 32.5 Å². The number of epoxide rings is 1. The maximum absolute atomic E-state index is 12.7. The van der Waals surface area contributed by atoms with Crippen LogP contribution in [-0.2, 0) is 37.4 Å². The Bertz CT molecular complexity index is 1270. The zero-order chi connectivity index (χ0) is 41.9. The summed E-state index contributed by atoms with van der Waals surface area (Å²) in [5, 5.41) is 0. The second kappa shape index (κ2) is 34.3. The largest absolute Gasteiger partial charge is 0.472 e. The molecule has 10 nitrogen and oxygen atoms in total. The molecule has 1 aliphatic heterocycles. The summed E-state index contributed by atoms with van der Waals surface area (Å²) in [6, 6.07) is 0. The summed E-state index contributed by atoms with van der Waals surface area (Å²) in [6.07, 6.45) is 44.1. The fourth-order valence-corrected chi connectivity index (χ4v) is 6.33. The highest BCUT2D eigenvalue weighted by Crippen LogP contribution is 2.43. The molecule has 1 heterocycles. The Morgan fingerprint density at radius 1 is 0.649 bits per heavy atom. The second-order valence-electron chi connectivity index (χ2n) is 15.7. The molecule has 4 atom stereocenters. The highest BCUT2D eigenvalue weighted by atomic mass is 31.2. The first-order valence-corrected chi connectivity index (χ1v) is 23.3. The smallest absolute Gasteiger partial charge is 0.462 e. The molecule has 0 spiro atoms. The molecule has 57 heavy (non-hydrogen) atoms. The van der Waals surface area contributed by atoms with E-state index >= 15 is 0 Å². The number of rotatable bonds is 37. The van der Waals surface area contributed by atoms with Crippen molar-refractivity contribution in [2.24, 2.45) is 0 Å². The number of carbonyl (C=O) groups excluding carboxylic acids is 2. The van der Waals surface area contributed by atoms with E-state index in [0.717, 1.165) is 77.0 Å². The monoisotopic (exact) mass is 821 g/mol. The van der Waals surface area contributed by atoms with Crippen molar-refractivity contribution < 1.29 is 46.8 Å². The molecule has 0 aromatic rings.